The Balaban J connectivity index is 2.28. The minimum Gasteiger partial charge on any atom is -0.367 e. The van der Waals surface area contributed by atoms with Gasteiger partial charge in [-0.25, -0.2) is 4.18 Å². The first-order valence-corrected chi connectivity index (χ1v) is 6.59. The molecule has 6 nitrogen and oxygen atoms in total. The van der Waals surface area contributed by atoms with Gasteiger partial charge in [0.15, 0.2) is 6.29 Å². The highest BCUT2D eigenvalue weighted by Crippen LogP contribution is 2.00. The van der Waals surface area contributed by atoms with E-state index in [-0.39, 0.29) is 5.75 Å². The zero-order chi connectivity index (χ0) is 11.3. The summed E-state index contributed by atoms with van der Waals surface area (Å²) in [6, 6.07) is 0. The number of aliphatic hydroxyl groups excluding tert-OH is 1. The molecular formula is C8H18N2O4S. The molecule has 0 radical (unpaired) electrons. The average Bonchev–Trinajstić information content (AvgIpc) is 2.15. The van der Waals surface area contributed by atoms with Crippen LogP contribution >= 0.6 is 0 Å². The van der Waals surface area contributed by atoms with Gasteiger partial charge in [0.25, 0.3) is 10.1 Å². The van der Waals surface area contributed by atoms with Crippen molar-refractivity contribution in [1.29, 1.82) is 0 Å². The summed E-state index contributed by atoms with van der Waals surface area (Å²) in [5, 5.41) is 12.0. The third-order valence-corrected chi connectivity index (χ3v) is 3.41. The van der Waals surface area contributed by atoms with Crippen molar-refractivity contribution in [1.82, 2.24) is 10.2 Å². The Hall–Kier alpha value is -0.210. The van der Waals surface area contributed by atoms with Crippen molar-refractivity contribution in [3.63, 3.8) is 0 Å². The smallest absolute Gasteiger partial charge is 0.271 e. The van der Waals surface area contributed by atoms with Gasteiger partial charge in [-0.3, -0.25) is 4.90 Å². The SMILES string of the molecule is CC(O)OS(=O)(=O)CCN1CCNCC1. The summed E-state index contributed by atoms with van der Waals surface area (Å²) in [5.41, 5.74) is 0. The highest BCUT2D eigenvalue weighted by molar-refractivity contribution is 7.86. The van der Waals surface area contributed by atoms with Crippen LogP contribution < -0.4 is 5.32 Å². The molecule has 0 bridgehead atoms. The van der Waals surface area contributed by atoms with E-state index in [0.29, 0.717) is 6.54 Å². The van der Waals surface area contributed by atoms with Crippen molar-refractivity contribution in [2.75, 3.05) is 38.5 Å². The zero-order valence-electron chi connectivity index (χ0n) is 8.85. The molecule has 0 aromatic carbocycles. The van der Waals surface area contributed by atoms with Crippen LogP contribution in [0.25, 0.3) is 0 Å². The molecule has 1 heterocycles. The number of nitrogens with one attached hydrogen (secondary N) is 1. The van der Waals surface area contributed by atoms with Gasteiger partial charge in [-0.1, -0.05) is 0 Å². The van der Waals surface area contributed by atoms with Crippen molar-refractivity contribution < 1.29 is 17.7 Å². The Morgan fingerprint density at radius 2 is 2.07 bits per heavy atom. The van der Waals surface area contributed by atoms with Crippen LogP contribution in [0.4, 0.5) is 0 Å². The second kappa shape index (κ2) is 5.76. The minimum atomic E-state index is -3.59. The third kappa shape index (κ3) is 5.43. The van der Waals surface area contributed by atoms with Gasteiger partial charge in [0, 0.05) is 32.7 Å². The van der Waals surface area contributed by atoms with Crippen LogP contribution in [0.3, 0.4) is 0 Å². The normalized spacial score (nSPS) is 21.5. The van der Waals surface area contributed by atoms with Gasteiger partial charge in [0.2, 0.25) is 0 Å². The Morgan fingerprint density at radius 3 is 2.60 bits per heavy atom. The highest BCUT2D eigenvalue weighted by atomic mass is 32.2. The maximum Gasteiger partial charge on any atom is 0.271 e. The summed E-state index contributed by atoms with van der Waals surface area (Å²) < 4.78 is 26.9. The highest BCUT2D eigenvalue weighted by Gasteiger charge is 2.17. The van der Waals surface area contributed by atoms with Crippen LogP contribution in [-0.4, -0.2) is 63.2 Å². The molecule has 1 saturated heterocycles. The molecule has 15 heavy (non-hydrogen) atoms. The summed E-state index contributed by atoms with van der Waals surface area (Å²) in [6.45, 7) is 5.21. The van der Waals surface area contributed by atoms with E-state index in [9.17, 15) is 8.42 Å². The Morgan fingerprint density at radius 1 is 1.47 bits per heavy atom. The molecule has 2 N–H and O–H groups in total. The fourth-order valence-corrected chi connectivity index (χ4v) is 2.44. The molecule has 1 aliphatic rings. The van der Waals surface area contributed by atoms with E-state index in [2.05, 4.69) is 14.4 Å². The quantitative estimate of drug-likeness (QED) is 0.452. The summed E-state index contributed by atoms with van der Waals surface area (Å²) in [7, 11) is -3.59. The third-order valence-electron chi connectivity index (χ3n) is 2.15. The van der Waals surface area contributed by atoms with E-state index in [0.717, 1.165) is 26.2 Å². The molecule has 1 fully saturated rings. The molecule has 1 aliphatic heterocycles. The Kier molecular flexibility index (Phi) is 4.94. The molecule has 7 heteroatoms. The average molecular weight is 238 g/mol. The van der Waals surface area contributed by atoms with Gasteiger partial charge in [0.1, 0.15) is 0 Å². The van der Waals surface area contributed by atoms with Gasteiger partial charge in [-0.2, -0.15) is 8.42 Å². The van der Waals surface area contributed by atoms with Crippen LogP contribution in [0.5, 0.6) is 0 Å². The fourth-order valence-electron chi connectivity index (χ4n) is 1.44. The number of nitrogens with zero attached hydrogens (tertiary/aromatic N) is 1. The molecule has 0 aliphatic carbocycles. The van der Waals surface area contributed by atoms with Crippen molar-refractivity contribution in [3.8, 4) is 0 Å². The van der Waals surface area contributed by atoms with Crippen molar-refractivity contribution in [2.45, 2.75) is 13.2 Å². The van der Waals surface area contributed by atoms with Crippen LogP contribution in [0.1, 0.15) is 6.92 Å². The van der Waals surface area contributed by atoms with Gasteiger partial charge in [-0.05, 0) is 6.92 Å². The van der Waals surface area contributed by atoms with E-state index in [1.54, 1.807) is 0 Å². The van der Waals surface area contributed by atoms with E-state index < -0.39 is 16.4 Å². The first-order valence-electron chi connectivity index (χ1n) is 5.02. The van der Waals surface area contributed by atoms with Crippen molar-refractivity contribution in [3.05, 3.63) is 0 Å². The molecule has 1 rings (SSSR count). The molecule has 0 spiro atoms. The number of hydrogen-bond donors (Lipinski definition) is 2. The topological polar surface area (TPSA) is 78.9 Å². The number of piperazine rings is 1. The maximum atomic E-state index is 11.3. The molecule has 0 amide bonds. The summed E-state index contributed by atoms with van der Waals surface area (Å²) in [6.07, 6.45) is -1.27. The van der Waals surface area contributed by atoms with Gasteiger partial charge < -0.3 is 10.4 Å². The molecule has 0 aromatic rings. The zero-order valence-corrected chi connectivity index (χ0v) is 9.66. The van der Waals surface area contributed by atoms with Crippen LogP contribution in [0, 0.1) is 0 Å². The van der Waals surface area contributed by atoms with E-state index in [1.165, 1.54) is 6.92 Å². The minimum absolute atomic E-state index is 0.0715. The van der Waals surface area contributed by atoms with Gasteiger partial charge in [-0.15, -0.1) is 0 Å². The van der Waals surface area contributed by atoms with Crippen molar-refractivity contribution >= 4 is 10.1 Å². The summed E-state index contributed by atoms with van der Waals surface area (Å²) in [4.78, 5) is 2.06. The van der Waals surface area contributed by atoms with Crippen molar-refractivity contribution in [2.24, 2.45) is 0 Å². The van der Waals surface area contributed by atoms with Gasteiger partial charge in [0.05, 0.1) is 5.75 Å². The molecule has 0 aromatic heterocycles. The Labute approximate surface area is 90.3 Å². The molecule has 0 saturated carbocycles. The number of hydrogen-bond acceptors (Lipinski definition) is 6. The second-order valence-electron chi connectivity index (χ2n) is 3.55. The monoisotopic (exact) mass is 238 g/mol. The second-order valence-corrected chi connectivity index (χ2v) is 5.27. The first-order chi connectivity index (χ1) is 6.99. The first kappa shape index (κ1) is 12.9. The molecule has 1 unspecified atom stereocenters. The standard InChI is InChI=1S/C8H18N2O4S/c1-8(11)14-15(12,13)7-6-10-4-2-9-3-5-10/h8-9,11H,2-7H2,1H3. The lowest BCUT2D eigenvalue weighted by Gasteiger charge is -2.26. The number of rotatable bonds is 5. The van der Waals surface area contributed by atoms with Gasteiger partial charge >= 0.3 is 0 Å². The number of aliphatic hydroxyl groups is 1. The summed E-state index contributed by atoms with van der Waals surface area (Å²) >= 11 is 0. The maximum absolute atomic E-state index is 11.3. The largest absolute Gasteiger partial charge is 0.367 e. The van der Waals surface area contributed by atoms with E-state index >= 15 is 0 Å². The molecule has 1 atom stereocenters. The van der Waals surface area contributed by atoms with E-state index in [4.69, 9.17) is 5.11 Å². The predicted octanol–water partition coefficient (Wildman–Crippen LogP) is -1.42. The van der Waals surface area contributed by atoms with E-state index in [1.807, 2.05) is 0 Å². The lowest BCUT2D eigenvalue weighted by molar-refractivity contribution is 0.00523. The molecular weight excluding hydrogens is 220 g/mol. The molecule has 90 valence electrons. The summed E-state index contributed by atoms with van der Waals surface area (Å²) in [5.74, 6) is -0.0715. The van der Waals surface area contributed by atoms with Crippen LogP contribution in [-0.2, 0) is 14.3 Å². The lowest BCUT2D eigenvalue weighted by Crippen LogP contribution is -2.45. The van der Waals surface area contributed by atoms with Crippen LogP contribution in [0.15, 0.2) is 0 Å². The fraction of sp³-hybridized carbons (Fsp3) is 1.00. The lowest BCUT2D eigenvalue weighted by atomic mass is 10.4. The van der Waals surface area contributed by atoms with Crippen LogP contribution in [0.2, 0.25) is 0 Å². The predicted molar refractivity (Wildman–Crippen MR) is 55.9 cm³/mol. The Bertz CT molecular complexity index is 272.